The van der Waals surface area contributed by atoms with Crippen molar-refractivity contribution in [3.05, 3.63) is 59.9 Å². The van der Waals surface area contributed by atoms with Gasteiger partial charge < -0.3 is 15.2 Å². The summed E-state index contributed by atoms with van der Waals surface area (Å²) in [7, 11) is 0. The zero-order valence-corrected chi connectivity index (χ0v) is 17.9. The molecule has 1 saturated heterocycles. The number of hydrogen-bond donors (Lipinski definition) is 1. The second-order valence-corrected chi connectivity index (χ2v) is 8.90. The number of aromatic nitrogens is 3. The summed E-state index contributed by atoms with van der Waals surface area (Å²) < 4.78 is 26.5. The molecule has 0 atom stereocenters. The number of hydrogen-bond acceptors (Lipinski definition) is 6. The zero-order chi connectivity index (χ0) is 22.0. The number of halogens is 1. The highest BCUT2D eigenvalue weighted by Gasteiger charge is 2.26. The van der Waals surface area contributed by atoms with Gasteiger partial charge in [0.25, 0.3) is 5.91 Å². The molecule has 0 saturated carbocycles. The van der Waals surface area contributed by atoms with E-state index < -0.39 is 17.0 Å². The van der Waals surface area contributed by atoms with Crippen LogP contribution >= 0.6 is 0 Å². The van der Waals surface area contributed by atoms with Crippen LogP contribution < -0.4 is 5.73 Å². The van der Waals surface area contributed by atoms with Crippen LogP contribution in [-0.4, -0.2) is 54.9 Å². The summed E-state index contributed by atoms with van der Waals surface area (Å²) in [5, 5.41) is 0. The van der Waals surface area contributed by atoms with Gasteiger partial charge in [0.15, 0.2) is 0 Å². The Bertz CT molecular complexity index is 1100. The van der Waals surface area contributed by atoms with E-state index in [1.54, 1.807) is 23.2 Å². The van der Waals surface area contributed by atoms with Crippen molar-refractivity contribution in [2.45, 2.75) is 13.3 Å². The molecule has 2 aromatic heterocycles. The Morgan fingerprint density at radius 3 is 2.55 bits per heavy atom. The van der Waals surface area contributed by atoms with Gasteiger partial charge in [-0.15, -0.1) is 0 Å². The first-order valence-corrected chi connectivity index (χ1v) is 11.5. The molecular formula is C22H22FN5O2S. The van der Waals surface area contributed by atoms with E-state index in [2.05, 4.69) is 15.0 Å². The summed E-state index contributed by atoms with van der Waals surface area (Å²) in [6.07, 6.45) is 3.75. The Morgan fingerprint density at radius 2 is 1.90 bits per heavy atom. The molecule has 160 valence electrons. The van der Waals surface area contributed by atoms with Crippen molar-refractivity contribution in [2.75, 3.05) is 30.3 Å². The highest BCUT2D eigenvalue weighted by Crippen LogP contribution is 2.33. The summed E-state index contributed by atoms with van der Waals surface area (Å²) in [6, 6.07) is 8.02. The number of nitrogen functional groups attached to an aromatic ring is 1. The molecule has 1 aromatic carbocycles. The van der Waals surface area contributed by atoms with Crippen LogP contribution in [0.4, 0.5) is 10.2 Å². The topological polar surface area (TPSA) is 108 Å². The van der Waals surface area contributed by atoms with Crippen LogP contribution in [-0.2, 0) is 17.6 Å². The maximum Gasteiger partial charge on any atom is 0.257 e. The molecule has 0 aliphatic carbocycles. The van der Waals surface area contributed by atoms with Crippen molar-refractivity contribution in [3.63, 3.8) is 0 Å². The van der Waals surface area contributed by atoms with E-state index in [1.807, 2.05) is 13.0 Å². The third-order valence-corrected chi connectivity index (χ3v) is 6.55. The molecule has 31 heavy (non-hydrogen) atoms. The van der Waals surface area contributed by atoms with E-state index in [0.717, 1.165) is 16.8 Å². The molecule has 0 bridgehead atoms. The minimum Gasteiger partial charge on any atom is -0.616 e. The molecule has 9 heteroatoms. The first-order valence-electron chi connectivity index (χ1n) is 9.98. The lowest BCUT2D eigenvalue weighted by Gasteiger charge is -2.28. The van der Waals surface area contributed by atoms with E-state index in [4.69, 9.17) is 5.73 Å². The zero-order valence-electron chi connectivity index (χ0n) is 17.0. The maximum atomic E-state index is 15.0. The fraction of sp³-hybridized carbons (Fsp3) is 0.273. The summed E-state index contributed by atoms with van der Waals surface area (Å²) in [5.41, 5.74) is 9.15. The lowest BCUT2D eigenvalue weighted by molar-refractivity contribution is 0.0765. The fourth-order valence-corrected chi connectivity index (χ4v) is 4.66. The number of benzene rings is 1. The smallest absolute Gasteiger partial charge is 0.257 e. The number of anilines is 1. The van der Waals surface area contributed by atoms with Gasteiger partial charge in [0.1, 0.15) is 29.5 Å². The third kappa shape index (κ3) is 4.38. The van der Waals surface area contributed by atoms with Crippen molar-refractivity contribution < 1.29 is 13.7 Å². The molecule has 3 aromatic rings. The van der Waals surface area contributed by atoms with Crippen LogP contribution in [0.5, 0.6) is 0 Å². The molecule has 7 nitrogen and oxygen atoms in total. The average Bonchev–Trinajstić information content (AvgIpc) is 2.79. The molecule has 1 fully saturated rings. The molecule has 0 radical (unpaired) electrons. The van der Waals surface area contributed by atoms with Crippen LogP contribution in [0.3, 0.4) is 0 Å². The van der Waals surface area contributed by atoms with Gasteiger partial charge in [0, 0.05) is 22.9 Å². The van der Waals surface area contributed by atoms with Crippen LogP contribution in [0.2, 0.25) is 0 Å². The molecule has 1 amide bonds. The van der Waals surface area contributed by atoms with Gasteiger partial charge >= 0.3 is 0 Å². The van der Waals surface area contributed by atoms with Crippen molar-refractivity contribution in [1.29, 1.82) is 0 Å². The quantitative estimate of drug-likeness (QED) is 0.626. The number of carbonyl (C=O) groups is 1. The first kappa shape index (κ1) is 21.2. The van der Waals surface area contributed by atoms with Crippen LogP contribution in [0.15, 0.2) is 42.9 Å². The number of aryl methyl sites for hydroxylation is 1. The Hall–Kier alpha value is -3.04. The average molecular weight is 440 g/mol. The molecule has 1 aliphatic rings. The largest absolute Gasteiger partial charge is 0.616 e. The molecule has 3 heterocycles. The lowest BCUT2D eigenvalue weighted by atomic mass is 9.97. The highest BCUT2D eigenvalue weighted by atomic mass is 32.2. The minimum atomic E-state index is -0.908. The third-order valence-electron chi connectivity index (χ3n) is 5.27. The molecule has 2 N–H and O–H groups in total. The number of pyridine rings is 1. The van der Waals surface area contributed by atoms with Crippen molar-refractivity contribution in [3.8, 4) is 22.4 Å². The Labute approximate surface area is 182 Å². The Balaban J connectivity index is 1.71. The monoisotopic (exact) mass is 439 g/mol. The molecule has 0 unspecified atom stereocenters. The summed E-state index contributed by atoms with van der Waals surface area (Å²) in [5.74, 6) is 0.236. The van der Waals surface area contributed by atoms with Gasteiger partial charge in [0.05, 0.1) is 30.0 Å². The van der Waals surface area contributed by atoms with E-state index >= 15 is 4.39 Å². The number of amides is 1. The second-order valence-electron chi connectivity index (χ2n) is 7.20. The predicted octanol–water partition coefficient (Wildman–Crippen LogP) is 2.69. The van der Waals surface area contributed by atoms with E-state index in [9.17, 15) is 9.35 Å². The van der Waals surface area contributed by atoms with E-state index in [1.165, 1.54) is 18.5 Å². The van der Waals surface area contributed by atoms with Crippen molar-refractivity contribution >= 4 is 22.9 Å². The van der Waals surface area contributed by atoms with Crippen LogP contribution in [0, 0.1) is 5.82 Å². The lowest BCUT2D eigenvalue weighted by Crippen LogP contribution is -2.44. The number of carbonyl (C=O) groups excluding carboxylic acids is 1. The summed E-state index contributed by atoms with van der Waals surface area (Å²) in [6.45, 7) is 2.72. The Kier molecular flexibility index (Phi) is 6.15. The molecule has 4 rings (SSSR count). The van der Waals surface area contributed by atoms with Gasteiger partial charge in [-0.05, 0) is 30.7 Å². The predicted molar refractivity (Wildman–Crippen MR) is 118 cm³/mol. The summed E-state index contributed by atoms with van der Waals surface area (Å²) in [4.78, 5) is 27.2. The SMILES string of the molecule is CCc1ncnc(-c2ccc(C(=O)N3CC[S+]([O-])CC3)c(F)c2)c1-c1ccc(N)nc1. The van der Waals surface area contributed by atoms with Gasteiger partial charge in [-0.1, -0.05) is 24.2 Å². The Morgan fingerprint density at radius 1 is 1.16 bits per heavy atom. The second kappa shape index (κ2) is 8.99. The first-order chi connectivity index (χ1) is 15.0. The standard InChI is InChI=1S/C22H22FN5O2S/c1-2-18-20(15-4-6-19(24)25-12-15)21(27-13-26-18)14-3-5-16(17(23)11-14)22(29)28-7-9-31(30)10-8-28/h3-6,11-13H,2,7-10H2,1H3,(H2,24,25). The molecule has 0 spiro atoms. The normalized spacial score (nSPS) is 14.6. The molecule has 1 aliphatic heterocycles. The van der Waals surface area contributed by atoms with E-state index in [-0.39, 0.29) is 11.5 Å². The van der Waals surface area contributed by atoms with Gasteiger partial charge in [0.2, 0.25) is 0 Å². The van der Waals surface area contributed by atoms with Crippen LogP contribution in [0.25, 0.3) is 22.4 Å². The van der Waals surface area contributed by atoms with Gasteiger partial charge in [-0.3, -0.25) is 4.79 Å². The summed E-state index contributed by atoms with van der Waals surface area (Å²) >= 11 is -0.908. The fourth-order valence-electron chi connectivity index (χ4n) is 3.61. The number of nitrogens with zero attached hydrogens (tertiary/aromatic N) is 4. The van der Waals surface area contributed by atoms with E-state index in [0.29, 0.717) is 48.1 Å². The minimum absolute atomic E-state index is 0.00287. The van der Waals surface area contributed by atoms with Crippen LogP contribution in [0.1, 0.15) is 23.0 Å². The van der Waals surface area contributed by atoms with Gasteiger partial charge in [-0.2, -0.15) is 0 Å². The number of nitrogens with two attached hydrogens (primary N) is 1. The molecular weight excluding hydrogens is 417 g/mol. The van der Waals surface area contributed by atoms with Gasteiger partial charge in [-0.25, -0.2) is 19.3 Å². The highest BCUT2D eigenvalue weighted by molar-refractivity contribution is 7.91. The van der Waals surface area contributed by atoms with Crippen molar-refractivity contribution in [2.24, 2.45) is 0 Å². The number of rotatable bonds is 4. The van der Waals surface area contributed by atoms with Crippen molar-refractivity contribution in [1.82, 2.24) is 19.9 Å². The maximum absolute atomic E-state index is 15.0.